The molecule has 2 aromatic carbocycles. The van der Waals surface area contributed by atoms with Gasteiger partial charge in [0.1, 0.15) is 11.6 Å². The lowest BCUT2D eigenvalue weighted by atomic mass is 10.1. The van der Waals surface area contributed by atoms with Crippen molar-refractivity contribution in [3.8, 4) is 5.75 Å². The predicted molar refractivity (Wildman–Crippen MR) is 71.6 cm³/mol. The second kappa shape index (κ2) is 4.97. The van der Waals surface area contributed by atoms with Crippen molar-refractivity contribution < 1.29 is 14.3 Å². The number of nitrogens with one attached hydrogen (secondary N) is 1. The molecule has 0 fully saturated rings. The molecule has 0 aliphatic rings. The van der Waals surface area contributed by atoms with Crippen molar-refractivity contribution in [2.24, 2.45) is 0 Å². The van der Waals surface area contributed by atoms with Crippen molar-refractivity contribution in [3.63, 3.8) is 0 Å². The molecule has 0 bridgehead atoms. The second-order valence-electron chi connectivity index (χ2n) is 4.21. The van der Waals surface area contributed by atoms with E-state index in [1.165, 1.54) is 18.2 Å². The third kappa shape index (κ3) is 2.82. The van der Waals surface area contributed by atoms with Gasteiger partial charge in [-0.3, -0.25) is 4.79 Å². The maximum Gasteiger partial charge on any atom is 0.257 e. The SMILES string of the molecule is Cc1ccc(O)c(NC(=O)c2cc(F)ccc2N)c1. The monoisotopic (exact) mass is 260 g/mol. The Bertz CT molecular complexity index is 641. The van der Waals surface area contributed by atoms with E-state index in [-0.39, 0.29) is 22.7 Å². The van der Waals surface area contributed by atoms with Crippen LogP contribution in [0.25, 0.3) is 0 Å². The lowest BCUT2D eigenvalue weighted by molar-refractivity contribution is 0.102. The number of carbonyl (C=O) groups excluding carboxylic acids is 1. The second-order valence-corrected chi connectivity index (χ2v) is 4.21. The Kier molecular flexibility index (Phi) is 3.37. The van der Waals surface area contributed by atoms with Gasteiger partial charge in [0.15, 0.2) is 0 Å². The molecule has 0 spiro atoms. The van der Waals surface area contributed by atoms with Gasteiger partial charge in [0.2, 0.25) is 0 Å². The smallest absolute Gasteiger partial charge is 0.257 e. The zero-order valence-electron chi connectivity index (χ0n) is 10.3. The van der Waals surface area contributed by atoms with Gasteiger partial charge in [0, 0.05) is 5.69 Å². The zero-order chi connectivity index (χ0) is 14.0. The number of hydrogen-bond donors (Lipinski definition) is 3. The number of aryl methyl sites for hydroxylation is 1. The van der Waals surface area contributed by atoms with Gasteiger partial charge in [-0.1, -0.05) is 6.07 Å². The highest BCUT2D eigenvalue weighted by Crippen LogP contribution is 2.25. The van der Waals surface area contributed by atoms with Gasteiger partial charge >= 0.3 is 0 Å². The van der Waals surface area contributed by atoms with Crippen molar-refractivity contribution in [2.75, 3.05) is 11.1 Å². The molecule has 0 aromatic heterocycles. The number of nitrogen functional groups attached to an aromatic ring is 1. The maximum absolute atomic E-state index is 13.1. The summed E-state index contributed by atoms with van der Waals surface area (Å²) in [5, 5.41) is 12.1. The van der Waals surface area contributed by atoms with Crippen molar-refractivity contribution in [1.29, 1.82) is 0 Å². The quantitative estimate of drug-likeness (QED) is 0.574. The average Bonchev–Trinajstić information content (AvgIpc) is 2.36. The predicted octanol–water partition coefficient (Wildman–Crippen LogP) is 2.67. The molecule has 5 heteroatoms. The molecule has 0 aliphatic heterocycles. The summed E-state index contributed by atoms with van der Waals surface area (Å²) >= 11 is 0. The Balaban J connectivity index is 2.30. The standard InChI is InChI=1S/C14H13FN2O2/c1-8-2-5-13(18)12(6-8)17-14(19)10-7-9(15)3-4-11(10)16/h2-7,18H,16H2,1H3,(H,17,19). The van der Waals surface area contributed by atoms with Gasteiger partial charge in [-0.05, 0) is 42.8 Å². The van der Waals surface area contributed by atoms with E-state index in [4.69, 9.17) is 5.73 Å². The molecule has 98 valence electrons. The minimum Gasteiger partial charge on any atom is -0.506 e. The summed E-state index contributed by atoms with van der Waals surface area (Å²) in [5.41, 5.74) is 6.96. The Morgan fingerprint density at radius 1 is 1.26 bits per heavy atom. The third-order valence-corrected chi connectivity index (χ3v) is 2.66. The van der Waals surface area contributed by atoms with E-state index in [1.807, 2.05) is 6.92 Å². The summed E-state index contributed by atoms with van der Waals surface area (Å²) < 4.78 is 13.1. The Morgan fingerprint density at radius 3 is 2.74 bits per heavy atom. The molecule has 0 atom stereocenters. The number of rotatable bonds is 2. The molecule has 0 radical (unpaired) electrons. The fourth-order valence-electron chi connectivity index (χ4n) is 1.66. The number of halogens is 1. The molecular weight excluding hydrogens is 247 g/mol. The van der Waals surface area contributed by atoms with Crippen LogP contribution in [-0.4, -0.2) is 11.0 Å². The topological polar surface area (TPSA) is 75.3 Å². The fraction of sp³-hybridized carbons (Fsp3) is 0.0714. The number of benzene rings is 2. The largest absolute Gasteiger partial charge is 0.506 e. The zero-order valence-corrected chi connectivity index (χ0v) is 10.3. The van der Waals surface area contributed by atoms with Crippen LogP contribution in [0.1, 0.15) is 15.9 Å². The molecule has 1 amide bonds. The van der Waals surface area contributed by atoms with E-state index in [2.05, 4.69) is 5.32 Å². The van der Waals surface area contributed by atoms with E-state index in [0.717, 1.165) is 11.6 Å². The van der Waals surface area contributed by atoms with Crippen LogP contribution >= 0.6 is 0 Å². The van der Waals surface area contributed by atoms with E-state index in [9.17, 15) is 14.3 Å². The van der Waals surface area contributed by atoms with E-state index >= 15 is 0 Å². The number of amides is 1. The number of carbonyl (C=O) groups is 1. The van der Waals surface area contributed by atoms with Gasteiger partial charge in [0.25, 0.3) is 5.91 Å². The summed E-state index contributed by atoms with van der Waals surface area (Å²) in [4.78, 5) is 12.0. The van der Waals surface area contributed by atoms with E-state index in [0.29, 0.717) is 0 Å². The molecular formula is C14H13FN2O2. The van der Waals surface area contributed by atoms with E-state index in [1.54, 1.807) is 12.1 Å². The highest BCUT2D eigenvalue weighted by atomic mass is 19.1. The summed E-state index contributed by atoms with van der Waals surface area (Å²) in [5.74, 6) is -1.18. The van der Waals surface area contributed by atoms with Crippen LogP contribution in [0.4, 0.5) is 15.8 Å². The molecule has 0 aliphatic carbocycles. The van der Waals surface area contributed by atoms with Crippen molar-refractivity contribution in [3.05, 3.63) is 53.3 Å². The van der Waals surface area contributed by atoms with Crippen LogP contribution in [-0.2, 0) is 0 Å². The summed E-state index contributed by atoms with van der Waals surface area (Å²) in [7, 11) is 0. The van der Waals surface area contributed by atoms with Crippen molar-refractivity contribution in [1.82, 2.24) is 0 Å². The van der Waals surface area contributed by atoms with Gasteiger partial charge in [-0.2, -0.15) is 0 Å². The molecule has 0 saturated carbocycles. The molecule has 4 nitrogen and oxygen atoms in total. The van der Waals surface area contributed by atoms with Crippen LogP contribution in [0, 0.1) is 12.7 Å². The van der Waals surface area contributed by atoms with Crippen LogP contribution in [0.3, 0.4) is 0 Å². The van der Waals surface area contributed by atoms with Gasteiger partial charge in [-0.15, -0.1) is 0 Å². The Hall–Kier alpha value is -2.56. The van der Waals surface area contributed by atoms with Crippen LogP contribution in [0.15, 0.2) is 36.4 Å². The Labute approximate surface area is 109 Å². The molecule has 19 heavy (non-hydrogen) atoms. The van der Waals surface area contributed by atoms with Crippen molar-refractivity contribution in [2.45, 2.75) is 6.92 Å². The first-order valence-electron chi connectivity index (χ1n) is 5.63. The number of nitrogens with two attached hydrogens (primary N) is 1. The maximum atomic E-state index is 13.1. The average molecular weight is 260 g/mol. The molecule has 0 saturated heterocycles. The number of hydrogen-bond acceptors (Lipinski definition) is 3. The minimum atomic E-state index is -0.571. The third-order valence-electron chi connectivity index (χ3n) is 2.66. The Morgan fingerprint density at radius 2 is 2.00 bits per heavy atom. The number of phenols is 1. The minimum absolute atomic E-state index is 0.0286. The van der Waals surface area contributed by atoms with Gasteiger partial charge < -0.3 is 16.2 Å². The lowest BCUT2D eigenvalue weighted by Crippen LogP contribution is -2.14. The summed E-state index contributed by atoms with van der Waals surface area (Å²) in [6, 6.07) is 8.35. The van der Waals surface area contributed by atoms with Crippen LogP contribution < -0.4 is 11.1 Å². The fourth-order valence-corrected chi connectivity index (χ4v) is 1.66. The van der Waals surface area contributed by atoms with Crippen LogP contribution in [0.2, 0.25) is 0 Å². The number of phenolic OH excluding ortho intramolecular Hbond substituents is 1. The molecule has 2 rings (SSSR count). The number of anilines is 2. The molecule has 0 heterocycles. The highest BCUT2D eigenvalue weighted by Gasteiger charge is 2.13. The van der Waals surface area contributed by atoms with Gasteiger partial charge in [0.05, 0.1) is 11.3 Å². The summed E-state index contributed by atoms with van der Waals surface area (Å²) in [6.45, 7) is 1.83. The molecule has 2 aromatic rings. The normalized spacial score (nSPS) is 10.2. The summed E-state index contributed by atoms with van der Waals surface area (Å²) in [6.07, 6.45) is 0. The molecule has 4 N–H and O–H groups in total. The molecule has 0 unspecified atom stereocenters. The number of aromatic hydroxyl groups is 1. The lowest BCUT2D eigenvalue weighted by Gasteiger charge is -2.09. The van der Waals surface area contributed by atoms with Crippen LogP contribution in [0.5, 0.6) is 5.75 Å². The van der Waals surface area contributed by atoms with Gasteiger partial charge in [-0.25, -0.2) is 4.39 Å². The first-order chi connectivity index (χ1) is 8.97. The van der Waals surface area contributed by atoms with Crippen molar-refractivity contribution >= 4 is 17.3 Å². The first-order valence-corrected chi connectivity index (χ1v) is 5.63. The van der Waals surface area contributed by atoms with E-state index < -0.39 is 11.7 Å². The first kappa shape index (κ1) is 12.9. The highest BCUT2D eigenvalue weighted by molar-refractivity contribution is 6.08.